The summed E-state index contributed by atoms with van der Waals surface area (Å²) in [7, 11) is 0. The average Bonchev–Trinajstić information content (AvgIpc) is 3.02. The van der Waals surface area contributed by atoms with Gasteiger partial charge < -0.3 is 11.5 Å². The molecule has 0 bridgehead atoms. The van der Waals surface area contributed by atoms with Crippen LogP contribution >= 0.6 is 0 Å². The van der Waals surface area contributed by atoms with Gasteiger partial charge in [0, 0.05) is 17.5 Å². The van der Waals surface area contributed by atoms with Gasteiger partial charge in [-0.05, 0) is 48.2 Å². The summed E-state index contributed by atoms with van der Waals surface area (Å²) in [6.45, 7) is 0. The highest BCUT2D eigenvalue weighted by atomic mass is 15.1. The Balaban J connectivity index is 1.81. The minimum atomic E-state index is 0.486. The molecule has 0 unspecified atom stereocenters. The molecule has 1 saturated carbocycles. The van der Waals surface area contributed by atoms with Gasteiger partial charge >= 0.3 is 0 Å². The van der Waals surface area contributed by atoms with Gasteiger partial charge in [0.25, 0.3) is 0 Å². The van der Waals surface area contributed by atoms with Crippen LogP contribution in [0.3, 0.4) is 0 Å². The van der Waals surface area contributed by atoms with E-state index in [9.17, 15) is 0 Å². The Hall–Kier alpha value is -3.00. The lowest BCUT2D eigenvalue weighted by Gasteiger charge is -2.15. The van der Waals surface area contributed by atoms with E-state index in [1.165, 1.54) is 32.1 Å². The number of aromatic amines is 1. The highest BCUT2D eigenvalue weighted by Crippen LogP contribution is 2.30. The van der Waals surface area contributed by atoms with Crippen LogP contribution in [0, 0.1) is 17.8 Å². The number of nitrogen functional groups attached to an aromatic ring is 2. The van der Waals surface area contributed by atoms with E-state index in [1.807, 2.05) is 18.2 Å². The second-order valence-corrected chi connectivity index (χ2v) is 6.63. The summed E-state index contributed by atoms with van der Waals surface area (Å²) in [6.07, 6.45) is 7.99. The molecule has 25 heavy (non-hydrogen) atoms. The van der Waals surface area contributed by atoms with Crippen LogP contribution in [0.5, 0.6) is 0 Å². The highest BCUT2D eigenvalue weighted by molar-refractivity contribution is 5.96. The van der Waals surface area contributed by atoms with Crippen LogP contribution < -0.4 is 11.5 Å². The quantitative estimate of drug-likeness (QED) is 0.592. The SMILES string of the molecule is Nc1cc(-c2cc(C#CC3CCCCC3)c3[nH]nc(N)c3c2)ccn1. The van der Waals surface area contributed by atoms with E-state index in [2.05, 4.69) is 33.1 Å². The topological polar surface area (TPSA) is 93.6 Å². The molecule has 0 spiro atoms. The van der Waals surface area contributed by atoms with Crippen molar-refractivity contribution in [1.82, 2.24) is 15.2 Å². The third-order valence-corrected chi connectivity index (χ3v) is 4.83. The van der Waals surface area contributed by atoms with Gasteiger partial charge in [-0.1, -0.05) is 31.1 Å². The summed E-state index contributed by atoms with van der Waals surface area (Å²) in [5.41, 5.74) is 15.7. The molecule has 1 aliphatic carbocycles. The molecule has 0 aliphatic heterocycles. The van der Waals surface area contributed by atoms with Gasteiger partial charge in [0.1, 0.15) is 5.82 Å². The predicted octanol–water partition coefficient (Wildman–Crippen LogP) is 3.72. The molecule has 0 atom stereocenters. The first-order chi connectivity index (χ1) is 12.2. The minimum absolute atomic E-state index is 0.486. The monoisotopic (exact) mass is 331 g/mol. The number of nitrogens with two attached hydrogens (primary N) is 2. The largest absolute Gasteiger partial charge is 0.384 e. The van der Waals surface area contributed by atoms with Crippen LogP contribution in [0.1, 0.15) is 37.7 Å². The average molecular weight is 331 g/mol. The molecule has 5 N–H and O–H groups in total. The molecule has 2 heterocycles. The molecule has 0 saturated heterocycles. The van der Waals surface area contributed by atoms with Gasteiger partial charge in [-0.15, -0.1) is 0 Å². The molecular weight excluding hydrogens is 310 g/mol. The lowest BCUT2D eigenvalue weighted by Crippen LogP contribution is -2.03. The van der Waals surface area contributed by atoms with Crippen LogP contribution in [0.4, 0.5) is 11.6 Å². The Morgan fingerprint density at radius 2 is 1.88 bits per heavy atom. The lowest BCUT2D eigenvalue weighted by atomic mass is 9.89. The van der Waals surface area contributed by atoms with Crippen molar-refractivity contribution in [2.24, 2.45) is 5.92 Å². The summed E-state index contributed by atoms with van der Waals surface area (Å²) < 4.78 is 0. The molecule has 0 amide bonds. The summed E-state index contributed by atoms with van der Waals surface area (Å²) in [5.74, 6) is 8.29. The maximum atomic E-state index is 6.03. The van der Waals surface area contributed by atoms with E-state index in [4.69, 9.17) is 11.5 Å². The molecule has 1 aromatic carbocycles. The molecule has 0 radical (unpaired) electrons. The number of anilines is 2. The molecule has 1 fully saturated rings. The van der Waals surface area contributed by atoms with E-state index >= 15 is 0 Å². The van der Waals surface area contributed by atoms with Gasteiger partial charge in [-0.2, -0.15) is 5.10 Å². The van der Waals surface area contributed by atoms with Crippen molar-refractivity contribution in [2.45, 2.75) is 32.1 Å². The standard InChI is InChI=1S/C20H21N5/c21-18-12-14(8-9-23-18)16-10-15(7-6-13-4-2-1-3-5-13)19-17(11-16)20(22)25-24-19/h8-13H,1-5H2,(H2,21,23)(H3,22,24,25). The third-order valence-electron chi connectivity index (χ3n) is 4.83. The van der Waals surface area contributed by atoms with Crippen molar-refractivity contribution in [2.75, 3.05) is 11.5 Å². The van der Waals surface area contributed by atoms with E-state index in [0.717, 1.165) is 27.6 Å². The van der Waals surface area contributed by atoms with Gasteiger partial charge in [0.2, 0.25) is 0 Å². The van der Waals surface area contributed by atoms with Gasteiger partial charge in [-0.3, -0.25) is 5.10 Å². The van der Waals surface area contributed by atoms with Gasteiger partial charge in [0.15, 0.2) is 5.82 Å². The fraction of sp³-hybridized carbons (Fsp3) is 0.300. The maximum Gasteiger partial charge on any atom is 0.153 e. The Bertz CT molecular complexity index is 971. The molecule has 3 aromatic rings. The number of nitrogens with zero attached hydrogens (tertiary/aromatic N) is 2. The summed E-state index contributed by atoms with van der Waals surface area (Å²) in [5, 5.41) is 8.06. The molecular formula is C20H21N5. The predicted molar refractivity (Wildman–Crippen MR) is 102 cm³/mol. The summed E-state index contributed by atoms with van der Waals surface area (Å²) >= 11 is 0. The van der Waals surface area contributed by atoms with E-state index in [1.54, 1.807) is 6.20 Å². The Morgan fingerprint density at radius 3 is 2.68 bits per heavy atom. The number of benzene rings is 1. The number of nitrogens with one attached hydrogen (secondary N) is 1. The number of H-pyrrole nitrogens is 1. The number of rotatable bonds is 1. The first kappa shape index (κ1) is 15.5. The van der Waals surface area contributed by atoms with Crippen molar-refractivity contribution in [1.29, 1.82) is 0 Å². The second-order valence-electron chi connectivity index (χ2n) is 6.63. The summed E-state index contributed by atoms with van der Waals surface area (Å²) in [4.78, 5) is 4.06. The van der Waals surface area contributed by atoms with Crippen LogP contribution in [0.25, 0.3) is 22.0 Å². The van der Waals surface area contributed by atoms with Crippen molar-refractivity contribution in [3.8, 4) is 23.0 Å². The Kier molecular flexibility index (Phi) is 4.02. The van der Waals surface area contributed by atoms with Gasteiger partial charge in [0.05, 0.1) is 11.1 Å². The molecule has 126 valence electrons. The first-order valence-electron chi connectivity index (χ1n) is 8.72. The number of aromatic nitrogens is 3. The number of hydrogen-bond acceptors (Lipinski definition) is 4. The molecule has 5 nitrogen and oxygen atoms in total. The van der Waals surface area contributed by atoms with E-state index in [-0.39, 0.29) is 0 Å². The Labute approximate surface area is 146 Å². The zero-order chi connectivity index (χ0) is 17.2. The minimum Gasteiger partial charge on any atom is -0.384 e. The number of fused-ring (bicyclic) bond motifs is 1. The van der Waals surface area contributed by atoms with Crippen LogP contribution in [0.15, 0.2) is 30.5 Å². The van der Waals surface area contributed by atoms with E-state index in [0.29, 0.717) is 17.6 Å². The smallest absolute Gasteiger partial charge is 0.153 e. The third kappa shape index (κ3) is 3.16. The number of hydrogen-bond donors (Lipinski definition) is 3. The van der Waals surface area contributed by atoms with Crippen molar-refractivity contribution >= 4 is 22.5 Å². The van der Waals surface area contributed by atoms with Gasteiger partial charge in [-0.25, -0.2) is 4.98 Å². The van der Waals surface area contributed by atoms with Crippen LogP contribution in [-0.2, 0) is 0 Å². The molecule has 5 heteroatoms. The molecule has 2 aromatic heterocycles. The molecule has 1 aliphatic rings. The van der Waals surface area contributed by atoms with Crippen molar-refractivity contribution in [3.05, 3.63) is 36.0 Å². The highest BCUT2D eigenvalue weighted by Gasteiger charge is 2.12. The first-order valence-corrected chi connectivity index (χ1v) is 8.72. The Morgan fingerprint density at radius 1 is 1.04 bits per heavy atom. The zero-order valence-corrected chi connectivity index (χ0v) is 14.0. The summed E-state index contributed by atoms with van der Waals surface area (Å²) in [6, 6.07) is 7.89. The number of pyridine rings is 1. The van der Waals surface area contributed by atoms with Crippen molar-refractivity contribution < 1.29 is 0 Å². The normalized spacial score (nSPS) is 15.0. The fourth-order valence-corrected chi connectivity index (χ4v) is 3.46. The van der Waals surface area contributed by atoms with Crippen molar-refractivity contribution in [3.63, 3.8) is 0 Å². The molecule has 4 rings (SSSR count). The van der Waals surface area contributed by atoms with E-state index < -0.39 is 0 Å². The fourth-order valence-electron chi connectivity index (χ4n) is 3.46. The zero-order valence-electron chi connectivity index (χ0n) is 14.0. The van der Waals surface area contributed by atoms with Crippen LogP contribution in [-0.4, -0.2) is 15.2 Å². The lowest BCUT2D eigenvalue weighted by molar-refractivity contribution is 0.430. The maximum absolute atomic E-state index is 6.03. The van der Waals surface area contributed by atoms with Crippen LogP contribution in [0.2, 0.25) is 0 Å². The second kappa shape index (κ2) is 6.48.